The minimum atomic E-state index is -3.22. The molecule has 2 fully saturated rings. The second-order valence-corrected chi connectivity index (χ2v) is 7.60. The van der Waals surface area contributed by atoms with Gasteiger partial charge in [-0.3, -0.25) is 0 Å². The summed E-state index contributed by atoms with van der Waals surface area (Å²) in [5.74, 6) is 0. The fourth-order valence-electron chi connectivity index (χ4n) is 2.94. The number of nitrogens with one attached hydrogen (secondary N) is 1. The molecule has 2 rings (SSSR count). The van der Waals surface area contributed by atoms with Gasteiger partial charge in [0.15, 0.2) is 0 Å². The van der Waals surface area contributed by atoms with Crippen LogP contribution in [0, 0.1) is 0 Å². The second kappa shape index (κ2) is 5.24. The Hall–Kier alpha value is -0.130. The molecule has 100 valence electrons. The van der Waals surface area contributed by atoms with E-state index in [9.17, 15) is 13.5 Å². The highest BCUT2D eigenvalue weighted by Gasteiger charge is 2.34. The van der Waals surface area contributed by atoms with Gasteiger partial charge in [-0.05, 0) is 25.7 Å². The first-order valence-electron chi connectivity index (χ1n) is 6.73. The first kappa shape index (κ1) is 13.3. The highest BCUT2D eigenvalue weighted by atomic mass is 32.2. The summed E-state index contributed by atoms with van der Waals surface area (Å²) in [7, 11) is -3.22. The van der Waals surface area contributed by atoms with E-state index >= 15 is 0 Å². The van der Waals surface area contributed by atoms with Crippen molar-refractivity contribution in [2.45, 2.75) is 68.6 Å². The maximum atomic E-state index is 12.1. The third-order valence-corrected chi connectivity index (χ3v) is 6.02. The molecule has 0 amide bonds. The molecule has 0 unspecified atom stereocenters. The van der Waals surface area contributed by atoms with E-state index in [0.29, 0.717) is 0 Å². The Bertz CT molecular complexity index is 341. The molecule has 0 heterocycles. The molecule has 17 heavy (non-hydrogen) atoms. The third kappa shape index (κ3) is 3.42. The van der Waals surface area contributed by atoms with Crippen LogP contribution in [-0.4, -0.2) is 30.9 Å². The summed E-state index contributed by atoms with van der Waals surface area (Å²) in [6.07, 6.45) is 8.16. The van der Waals surface area contributed by atoms with Gasteiger partial charge >= 0.3 is 0 Å². The molecule has 0 bridgehead atoms. The molecule has 0 aromatic heterocycles. The number of aliphatic hydroxyl groups is 1. The van der Waals surface area contributed by atoms with Crippen LogP contribution in [0.4, 0.5) is 0 Å². The third-order valence-electron chi connectivity index (χ3n) is 4.13. The molecular formula is C12H23NO3S. The molecule has 2 saturated carbocycles. The fraction of sp³-hybridized carbons (Fsp3) is 1.00. The number of hydrogen-bond acceptors (Lipinski definition) is 3. The highest BCUT2D eigenvalue weighted by Crippen LogP contribution is 2.29. The highest BCUT2D eigenvalue weighted by molar-refractivity contribution is 7.90. The van der Waals surface area contributed by atoms with Gasteiger partial charge in [-0.25, -0.2) is 13.1 Å². The van der Waals surface area contributed by atoms with Crippen molar-refractivity contribution in [2.24, 2.45) is 0 Å². The molecule has 0 atom stereocenters. The lowest BCUT2D eigenvalue weighted by Crippen LogP contribution is -2.44. The van der Waals surface area contributed by atoms with Gasteiger partial charge in [0.1, 0.15) is 0 Å². The molecule has 0 aromatic rings. The van der Waals surface area contributed by atoms with Crippen LogP contribution in [0.1, 0.15) is 57.8 Å². The largest absolute Gasteiger partial charge is 0.389 e. The zero-order valence-corrected chi connectivity index (χ0v) is 11.1. The SMILES string of the molecule is O=S(=O)(NCC1(O)CCCC1)C1CCCCC1. The van der Waals surface area contributed by atoms with Crippen molar-refractivity contribution < 1.29 is 13.5 Å². The minimum Gasteiger partial charge on any atom is -0.389 e. The van der Waals surface area contributed by atoms with E-state index in [1.807, 2.05) is 0 Å². The Morgan fingerprint density at radius 1 is 1.06 bits per heavy atom. The van der Waals surface area contributed by atoms with Gasteiger partial charge in [-0.1, -0.05) is 32.1 Å². The molecule has 0 saturated heterocycles. The standard InChI is InChI=1S/C12H23NO3S/c14-12(8-4-5-9-12)10-13-17(15,16)11-6-2-1-3-7-11/h11,13-14H,1-10H2. The van der Waals surface area contributed by atoms with Crippen molar-refractivity contribution in [1.29, 1.82) is 0 Å². The van der Waals surface area contributed by atoms with Gasteiger partial charge in [-0.15, -0.1) is 0 Å². The summed E-state index contributed by atoms with van der Waals surface area (Å²) in [6.45, 7) is 0.200. The Kier molecular flexibility index (Phi) is 4.10. The van der Waals surface area contributed by atoms with E-state index in [0.717, 1.165) is 57.8 Å². The fourth-order valence-corrected chi connectivity index (χ4v) is 4.60. The zero-order chi connectivity index (χ0) is 12.4. The smallest absolute Gasteiger partial charge is 0.214 e. The summed E-state index contributed by atoms with van der Waals surface area (Å²) in [4.78, 5) is 0. The summed E-state index contributed by atoms with van der Waals surface area (Å²) < 4.78 is 26.8. The molecule has 0 spiro atoms. The van der Waals surface area contributed by atoms with Crippen molar-refractivity contribution >= 4 is 10.0 Å². The van der Waals surface area contributed by atoms with E-state index in [1.165, 1.54) is 0 Å². The predicted molar refractivity (Wildman–Crippen MR) is 67.2 cm³/mol. The topological polar surface area (TPSA) is 66.4 Å². The summed E-state index contributed by atoms with van der Waals surface area (Å²) in [5, 5.41) is 9.89. The lowest BCUT2D eigenvalue weighted by molar-refractivity contribution is 0.0531. The van der Waals surface area contributed by atoms with Crippen molar-refractivity contribution in [3.8, 4) is 0 Å². The monoisotopic (exact) mass is 261 g/mol. The van der Waals surface area contributed by atoms with E-state index in [2.05, 4.69) is 4.72 Å². The van der Waals surface area contributed by atoms with Gasteiger partial charge < -0.3 is 5.11 Å². The molecule has 4 nitrogen and oxygen atoms in total. The molecule has 0 aromatic carbocycles. The lowest BCUT2D eigenvalue weighted by Gasteiger charge is -2.26. The average molecular weight is 261 g/mol. The molecule has 2 N–H and O–H groups in total. The molecule has 0 aliphatic heterocycles. The van der Waals surface area contributed by atoms with Crippen molar-refractivity contribution in [2.75, 3.05) is 6.54 Å². The predicted octanol–water partition coefficient (Wildman–Crippen LogP) is 1.54. The van der Waals surface area contributed by atoms with Crippen LogP contribution >= 0.6 is 0 Å². The van der Waals surface area contributed by atoms with Crippen LogP contribution in [-0.2, 0) is 10.0 Å². The van der Waals surface area contributed by atoms with Crippen molar-refractivity contribution in [1.82, 2.24) is 4.72 Å². The number of hydrogen-bond donors (Lipinski definition) is 2. The molecule has 2 aliphatic carbocycles. The van der Waals surface area contributed by atoms with Crippen LogP contribution in [0.3, 0.4) is 0 Å². The Morgan fingerprint density at radius 3 is 2.24 bits per heavy atom. The van der Waals surface area contributed by atoms with Crippen LogP contribution in [0.15, 0.2) is 0 Å². The van der Waals surface area contributed by atoms with Gasteiger partial charge in [-0.2, -0.15) is 0 Å². The van der Waals surface area contributed by atoms with Crippen molar-refractivity contribution in [3.05, 3.63) is 0 Å². The van der Waals surface area contributed by atoms with Gasteiger partial charge in [0.25, 0.3) is 0 Å². The van der Waals surface area contributed by atoms with Gasteiger partial charge in [0.2, 0.25) is 10.0 Å². The van der Waals surface area contributed by atoms with Crippen molar-refractivity contribution in [3.63, 3.8) is 0 Å². The van der Waals surface area contributed by atoms with Crippen LogP contribution in [0.2, 0.25) is 0 Å². The molecule has 0 radical (unpaired) electrons. The second-order valence-electron chi connectivity index (χ2n) is 5.56. The van der Waals surface area contributed by atoms with E-state index in [4.69, 9.17) is 0 Å². The molecule has 5 heteroatoms. The summed E-state index contributed by atoms with van der Waals surface area (Å²) in [5.41, 5.74) is -0.790. The Labute approximate surface area is 104 Å². The maximum absolute atomic E-state index is 12.1. The normalized spacial score (nSPS) is 26.2. The average Bonchev–Trinajstić information content (AvgIpc) is 2.76. The summed E-state index contributed by atoms with van der Waals surface area (Å²) >= 11 is 0. The minimum absolute atomic E-state index is 0.200. The Balaban J connectivity index is 1.88. The van der Waals surface area contributed by atoms with Gasteiger partial charge in [0, 0.05) is 6.54 Å². The first-order chi connectivity index (χ1) is 8.02. The lowest BCUT2D eigenvalue weighted by atomic mass is 10.0. The quantitative estimate of drug-likeness (QED) is 0.807. The molecular weight excluding hydrogens is 238 g/mol. The zero-order valence-electron chi connectivity index (χ0n) is 10.3. The Morgan fingerprint density at radius 2 is 1.65 bits per heavy atom. The van der Waals surface area contributed by atoms with Crippen LogP contribution < -0.4 is 4.72 Å². The number of rotatable bonds is 4. The van der Waals surface area contributed by atoms with E-state index in [1.54, 1.807) is 0 Å². The van der Waals surface area contributed by atoms with Crippen LogP contribution in [0.25, 0.3) is 0 Å². The van der Waals surface area contributed by atoms with Gasteiger partial charge in [0.05, 0.1) is 10.9 Å². The first-order valence-corrected chi connectivity index (χ1v) is 8.27. The number of sulfonamides is 1. The van der Waals surface area contributed by atoms with Crippen LogP contribution in [0.5, 0.6) is 0 Å². The van der Waals surface area contributed by atoms with E-state index in [-0.39, 0.29) is 11.8 Å². The van der Waals surface area contributed by atoms with E-state index < -0.39 is 15.6 Å². The maximum Gasteiger partial charge on any atom is 0.214 e. The summed E-state index contributed by atoms with van der Waals surface area (Å²) in [6, 6.07) is 0. The molecule has 2 aliphatic rings.